The topological polar surface area (TPSA) is 87.2 Å². The lowest BCUT2D eigenvalue weighted by molar-refractivity contribution is -0.136. The van der Waals surface area contributed by atoms with E-state index < -0.39 is 15.9 Å². The lowest BCUT2D eigenvalue weighted by Gasteiger charge is -2.35. The first-order valence-corrected chi connectivity index (χ1v) is 12.5. The van der Waals surface area contributed by atoms with Gasteiger partial charge in [0.05, 0.1) is 17.9 Å². The Balaban J connectivity index is 1.40. The number of piperazine rings is 1. The molecule has 2 aliphatic rings. The third-order valence-corrected chi connectivity index (χ3v) is 8.40. The molecule has 0 saturated carbocycles. The molecule has 0 aliphatic carbocycles. The summed E-state index contributed by atoms with van der Waals surface area (Å²) in [7, 11) is -2.05. The third-order valence-electron chi connectivity index (χ3n) is 6.34. The van der Waals surface area contributed by atoms with Gasteiger partial charge in [-0.05, 0) is 37.6 Å². The molecule has 1 atom stereocenters. The maximum absolute atomic E-state index is 13.1. The molecule has 2 fully saturated rings. The van der Waals surface area contributed by atoms with Crippen molar-refractivity contribution in [3.63, 3.8) is 0 Å². The van der Waals surface area contributed by atoms with Crippen LogP contribution in [0.1, 0.15) is 17.5 Å². The highest BCUT2D eigenvalue weighted by molar-refractivity contribution is 7.89. The van der Waals surface area contributed by atoms with Gasteiger partial charge in [-0.3, -0.25) is 9.59 Å². The van der Waals surface area contributed by atoms with Gasteiger partial charge >= 0.3 is 0 Å². The van der Waals surface area contributed by atoms with Crippen molar-refractivity contribution in [2.24, 2.45) is 5.92 Å². The number of sulfonamides is 1. The minimum Gasteiger partial charge on any atom is -0.497 e. The van der Waals surface area contributed by atoms with Gasteiger partial charge in [0, 0.05) is 50.9 Å². The number of amides is 2. The molecule has 0 aromatic heterocycles. The maximum atomic E-state index is 13.1. The van der Waals surface area contributed by atoms with Crippen molar-refractivity contribution >= 4 is 27.5 Å². The van der Waals surface area contributed by atoms with Gasteiger partial charge in [-0.2, -0.15) is 4.31 Å². The number of benzene rings is 2. The van der Waals surface area contributed by atoms with Gasteiger partial charge in [-0.1, -0.05) is 23.8 Å². The Hall–Kier alpha value is -2.91. The minimum atomic E-state index is -3.62. The number of aryl methyl sites for hydroxylation is 2. The molecule has 2 amide bonds. The molecule has 2 heterocycles. The molecule has 2 aromatic rings. The highest BCUT2D eigenvalue weighted by Crippen LogP contribution is 2.29. The Labute approximate surface area is 194 Å². The molecule has 9 heteroatoms. The molecule has 4 rings (SSSR count). The van der Waals surface area contributed by atoms with E-state index in [1.807, 2.05) is 25.1 Å². The number of hydrogen-bond acceptors (Lipinski definition) is 5. The van der Waals surface area contributed by atoms with Crippen LogP contribution in [0.4, 0.5) is 5.69 Å². The zero-order chi connectivity index (χ0) is 23.8. The van der Waals surface area contributed by atoms with E-state index >= 15 is 0 Å². The van der Waals surface area contributed by atoms with Crippen LogP contribution in [0, 0.1) is 19.8 Å². The number of ether oxygens (including phenoxy) is 1. The van der Waals surface area contributed by atoms with Gasteiger partial charge < -0.3 is 14.5 Å². The normalized spacial score (nSPS) is 19.7. The van der Waals surface area contributed by atoms with Crippen molar-refractivity contribution in [1.82, 2.24) is 9.21 Å². The number of carbonyl (C=O) groups is 2. The van der Waals surface area contributed by atoms with Crippen LogP contribution in [0.25, 0.3) is 0 Å². The van der Waals surface area contributed by atoms with E-state index in [-0.39, 0.29) is 31.3 Å². The molecule has 176 valence electrons. The fourth-order valence-electron chi connectivity index (χ4n) is 4.54. The number of carbonyl (C=O) groups excluding carboxylic acids is 2. The molecule has 0 N–H and O–H groups in total. The SMILES string of the molecule is COc1cccc(N2C[C@H](C(=O)N3CCN(S(=O)(=O)c4ccc(C)cc4C)CC3)CC2=O)c1. The van der Waals surface area contributed by atoms with Crippen LogP contribution < -0.4 is 9.64 Å². The standard InChI is InChI=1S/C24H29N3O5S/c1-17-7-8-22(18(2)13-17)33(30,31)26-11-9-25(10-12-26)24(29)19-14-23(28)27(16-19)20-5-4-6-21(15-20)32-3/h4-8,13,15,19H,9-12,14,16H2,1-3H3/t19-/m1/s1. The second kappa shape index (κ2) is 9.15. The summed E-state index contributed by atoms with van der Waals surface area (Å²) >= 11 is 0. The Morgan fingerprint density at radius 3 is 2.42 bits per heavy atom. The number of anilines is 1. The summed E-state index contributed by atoms with van der Waals surface area (Å²) in [5.41, 5.74) is 2.44. The fraction of sp³-hybridized carbons (Fsp3) is 0.417. The smallest absolute Gasteiger partial charge is 0.243 e. The second-order valence-electron chi connectivity index (χ2n) is 8.61. The highest BCUT2D eigenvalue weighted by Gasteiger charge is 2.39. The zero-order valence-electron chi connectivity index (χ0n) is 19.2. The molecule has 0 unspecified atom stereocenters. The summed E-state index contributed by atoms with van der Waals surface area (Å²) in [6, 6.07) is 12.5. The maximum Gasteiger partial charge on any atom is 0.243 e. The minimum absolute atomic E-state index is 0.0994. The van der Waals surface area contributed by atoms with Gasteiger partial charge in [0.1, 0.15) is 5.75 Å². The molecule has 2 saturated heterocycles. The van der Waals surface area contributed by atoms with Gasteiger partial charge in [-0.25, -0.2) is 8.42 Å². The van der Waals surface area contributed by atoms with Gasteiger partial charge in [0.15, 0.2) is 0 Å². The summed E-state index contributed by atoms with van der Waals surface area (Å²) in [5.74, 6) is 0.0115. The largest absolute Gasteiger partial charge is 0.497 e. The molecule has 0 radical (unpaired) electrons. The van der Waals surface area contributed by atoms with Crippen molar-refractivity contribution in [3.8, 4) is 5.75 Å². The summed E-state index contributed by atoms with van der Waals surface area (Å²) in [6.45, 7) is 5.14. The first kappa shape index (κ1) is 23.3. The van der Waals surface area contributed by atoms with Crippen molar-refractivity contribution in [3.05, 3.63) is 53.6 Å². The summed E-state index contributed by atoms with van der Waals surface area (Å²) in [4.78, 5) is 29.3. The van der Waals surface area contributed by atoms with E-state index in [9.17, 15) is 18.0 Å². The van der Waals surface area contributed by atoms with E-state index in [1.54, 1.807) is 48.1 Å². The fourth-order valence-corrected chi connectivity index (χ4v) is 6.16. The average Bonchev–Trinajstić information content (AvgIpc) is 3.20. The summed E-state index contributed by atoms with van der Waals surface area (Å²) in [5, 5.41) is 0. The molecule has 8 nitrogen and oxygen atoms in total. The lowest BCUT2D eigenvalue weighted by atomic mass is 10.1. The predicted molar refractivity (Wildman–Crippen MR) is 125 cm³/mol. The van der Waals surface area contributed by atoms with E-state index in [4.69, 9.17) is 4.74 Å². The van der Waals surface area contributed by atoms with Gasteiger partial charge in [0.25, 0.3) is 0 Å². The van der Waals surface area contributed by atoms with Crippen LogP contribution in [0.15, 0.2) is 47.4 Å². The quantitative estimate of drug-likeness (QED) is 0.667. The van der Waals surface area contributed by atoms with Crippen molar-refractivity contribution in [1.29, 1.82) is 0 Å². The van der Waals surface area contributed by atoms with E-state index in [1.165, 1.54) is 4.31 Å². The number of hydrogen-bond donors (Lipinski definition) is 0. The molecular formula is C24H29N3O5S. The third kappa shape index (κ3) is 4.60. The second-order valence-corrected chi connectivity index (χ2v) is 10.5. The van der Waals surface area contributed by atoms with Crippen LogP contribution in [0.3, 0.4) is 0 Å². The molecule has 33 heavy (non-hydrogen) atoms. The summed E-state index contributed by atoms with van der Waals surface area (Å²) < 4.78 is 32.9. The Bertz CT molecular complexity index is 1170. The van der Waals surface area contributed by atoms with Crippen molar-refractivity contribution in [2.45, 2.75) is 25.2 Å². The Kier molecular flexibility index (Phi) is 6.45. The van der Waals surface area contributed by atoms with E-state index in [0.29, 0.717) is 36.0 Å². The molecule has 0 bridgehead atoms. The first-order valence-electron chi connectivity index (χ1n) is 11.0. The van der Waals surface area contributed by atoms with E-state index in [2.05, 4.69) is 0 Å². The molecule has 0 spiro atoms. The van der Waals surface area contributed by atoms with Crippen LogP contribution >= 0.6 is 0 Å². The van der Waals surface area contributed by atoms with Gasteiger partial charge in [0.2, 0.25) is 21.8 Å². The Morgan fingerprint density at radius 2 is 1.76 bits per heavy atom. The van der Waals surface area contributed by atoms with Crippen LogP contribution in [-0.2, 0) is 19.6 Å². The number of rotatable bonds is 5. The number of nitrogens with zero attached hydrogens (tertiary/aromatic N) is 3. The van der Waals surface area contributed by atoms with Crippen molar-refractivity contribution < 1.29 is 22.7 Å². The predicted octanol–water partition coefficient (Wildman–Crippen LogP) is 2.20. The van der Waals surface area contributed by atoms with Crippen LogP contribution in [0.2, 0.25) is 0 Å². The Morgan fingerprint density at radius 1 is 1.03 bits per heavy atom. The van der Waals surface area contributed by atoms with E-state index in [0.717, 1.165) is 11.1 Å². The monoisotopic (exact) mass is 471 g/mol. The van der Waals surface area contributed by atoms with Gasteiger partial charge in [-0.15, -0.1) is 0 Å². The van der Waals surface area contributed by atoms with Crippen LogP contribution in [0.5, 0.6) is 5.75 Å². The lowest BCUT2D eigenvalue weighted by Crippen LogP contribution is -2.52. The number of methoxy groups -OCH3 is 1. The molecule has 2 aromatic carbocycles. The molecule has 2 aliphatic heterocycles. The average molecular weight is 472 g/mol. The highest BCUT2D eigenvalue weighted by atomic mass is 32.2. The van der Waals surface area contributed by atoms with Crippen molar-refractivity contribution in [2.75, 3.05) is 44.7 Å². The summed E-state index contributed by atoms with van der Waals surface area (Å²) in [6.07, 6.45) is 0.150. The first-order chi connectivity index (χ1) is 15.7. The molecular weight excluding hydrogens is 442 g/mol. The zero-order valence-corrected chi connectivity index (χ0v) is 20.0. The van der Waals surface area contributed by atoms with Crippen LogP contribution in [-0.4, -0.2) is 69.3 Å².